The standard InChI is InChI=1S/C15H20ClN3/c1-9(2)19-14-7-6-10(16)8-13(14)18-15(19)11-4-3-5-12(11)17/h6-9,11-12H,3-5,17H2,1-2H3. The minimum Gasteiger partial charge on any atom is -0.327 e. The van der Waals surface area contributed by atoms with Crippen LogP contribution in [0.4, 0.5) is 0 Å². The first-order valence-corrected chi connectivity index (χ1v) is 7.38. The van der Waals surface area contributed by atoms with Gasteiger partial charge in [-0.25, -0.2) is 4.98 Å². The number of rotatable bonds is 2. The first-order chi connectivity index (χ1) is 9.08. The summed E-state index contributed by atoms with van der Waals surface area (Å²) in [7, 11) is 0. The molecule has 2 N–H and O–H groups in total. The van der Waals surface area contributed by atoms with E-state index in [4.69, 9.17) is 22.3 Å². The van der Waals surface area contributed by atoms with Gasteiger partial charge in [0.05, 0.1) is 11.0 Å². The van der Waals surface area contributed by atoms with Crippen molar-refractivity contribution in [3.63, 3.8) is 0 Å². The maximum Gasteiger partial charge on any atom is 0.114 e. The van der Waals surface area contributed by atoms with Crippen molar-refractivity contribution in [2.45, 2.75) is 51.1 Å². The van der Waals surface area contributed by atoms with E-state index in [1.807, 2.05) is 12.1 Å². The molecule has 1 aromatic carbocycles. The van der Waals surface area contributed by atoms with Crippen molar-refractivity contribution in [2.24, 2.45) is 5.73 Å². The van der Waals surface area contributed by atoms with Gasteiger partial charge in [0.15, 0.2) is 0 Å². The van der Waals surface area contributed by atoms with Crippen LogP contribution in [0.15, 0.2) is 18.2 Å². The minimum atomic E-state index is 0.241. The molecule has 0 saturated heterocycles. The van der Waals surface area contributed by atoms with Gasteiger partial charge < -0.3 is 10.3 Å². The zero-order valence-electron chi connectivity index (χ0n) is 11.4. The minimum absolute atomic E-state index is 0.241. The Kier molecular flexibility index (Phi) is 3.27. The highest BCUT2D eigenvalue weighted by Gasteiger charge is 2.30. The van der Waals surface area contributed by atoms with Crippen molar-refractivity contribution >= 4 is 22.6 Å². The highest BCUT2D eigenvalue weighted by molar-refractivity contribution is 6.31. The number of nitrogens with zero attached hydrogens (tertiary/aromatic N) is 2. The van der Waals surface area contributed by atoms with Gasteiger partial charge in [-0.3, -0.25) is 0 Å². The summed E-state index contributed by atoms with van der Waals surface area (Å²) in [6.45, 7) is 4.39. The fraction of sp³-hybridized carbons (Fsp3) is 0.533. The van der Waals surface area contributed by atoms with Crippen LogP contribution in [0.1, 0.15) is 50.9 Å². The second-order valence-electron chi connectivity index (χ2n) is 5.77. The van der Waals surface area contributed by atoms with Crippen LogP contribution in [-0.4, -0.2) is 15.6 Å². The van der Waals surface area contributed by atoms with Crippen LogP contribution in [0, 0.1) is 0 Å². The number of fused-ring (bicyclic) bond motifs is 1. The summed E-state index contributed by atoms with van der Waals surface area (Å²) in [4.78, 5) is 4.83. The van der Waals surface area contributed by atoms with Gasteiger partial charge in [0.1, 0.15) is 5.82 Å². The molecule has 2 atom stereocenters. The summed E-state index contributed by atoms with van der Waals surface area (Å²) in [6, 6.07) is 6.57. The lowest BCUT2D eigenvalue weighted by Gasteiger charge is -2.19. The Morgan fingerprint density at radius 2 is 2.16 bits per heavy atom. The quantitative estimate of drug-likeness (QED) is 0.906. The van der Waals surface area contributed by atoms with Crippen LogP contribution in [0.25, 0.3) is 11.0 Å². The van der Waals surface area contributed by atoms with E-state index in [2.05, 4.69) is 24.5 Å². The van der Waals surface area contributed by atoms with Crippen molar-refractivity contribution in [1.29, 1.82) is 0 Å². The van der Waals surface area contributed by atoms with Crippen molar-refractivity contribution < 1.29 is 0 Å². The smallest absolute Gasteiger partial charge is 0.114 e. The first-order valence-electron chi connectivity index (χ1n) is 7.01. The maximum atomic E-state index is 6.25. The van der Waals surface area contributed by atoms with E-state index in [1.54, 1.807) is 0 Å². The fourth-order valence-corrected chi connectivity index (χ4v) is 3.37. The van der Waals surface area contributed by atoms with Crippen molar-refractivity contribution in [3.05, 3.63) is 29.0 Å². The summed E-state index contributed by atoms with van der Waals surface area (Å²) in [6.07, 6.45) is 3.45. The Morgan fingerprint density at radius 1 is 1.37 bits per heavy atom. The molecule has 1 heterocycles. The molecule has 0 aliphatic heterocycles. The summed E-state index contributed by atoms with van der Waals surface area (Å²) in [5.74, 6) is 1.52. The van der Waals surface area contributed by atoms with E-state index in [0.29, 0.717) is 12.0 Å². The molecular weight excluding hydrogens is 258 g/mol. The largest absolute Gasteiger partial charge is 0.327 e. The number of nitrogens with two attached hydrogens (primary N) is 1. The average Bonchev–Trinajstić information content (AvgIpc) is 2.91. The summed E-state index contributed by atoms with van der Waals surface area (Å²) >= 11 is 6.07. The predicted molar refractivity (Wildman–Crippen MR) is 79.7 cm³/mol. The topological polar surface area (TPSA) is 43.8 Å². The zero-order valence-corrected chi connectivity index (χ0v) is 12.2. The first kappa shape index (κ1) is 12.9. The molecule has 1 fully saturated rings. The summed E-state index contributed by atoms with van der Waals surface area (Å²) in [5, 5.41) is 0.739. The number of hydrogen-bond donors (Lipinski definition) is 1. The highest BCUT2D eigenvalue weighted by Crippen LogP contribution is 2.36. The molecule has 0 bridgehead atoms. The number of hydrogen-bond acceptors (Lipinski definition) is 2. The molecule has 1 aliphatic carbocycles. The zero-order chi connectivity index (χ0) is 13.6. The van der Waals surface area contributed by atoms with E-state index in [1.165, 1.54) is 6.42 Å². The molecule has 3 rings (SSSR count). The summed E-state index contributed by atoms with van der Waals surface area (Å²) < 4.78 is 2.32. The molecule has 0 spiro atoms. The van der Waals surface area contributed by atoms with Gasteiger partial charge in [-0.2, -0.15) is 0 Å². The number of imidazole rings is 1. The van der Waals surface area contributed by atoms with E-state index in [9.17, 15) is 0 Å². The summed E-state index contributed by atoms with van der Waals surface area (Å²) in [5.41, 5.74) is 8.39. The number of aromatic nitrogens is 2. The normalized spacial score (nSPS) is 23.6. The Morgan fingerprint density at radius 3 is 2.79 bits per heavy atom. The lowest BCUT2D eigenvalue weighted by molar-refractivity contribution is 0.510. The molecule has 3 nitrogen and oxygen atoms in total. The molecule has 19 heavy (non-hydrogen) atoms. The number of halogens is 1. The third kappa shape index (κ3) is 2.15. The van der Waals surface area contributed by atoms with Gasteiger partial charge in [0.25, 0.3) is 0 Å². The lowest BCUT2D eigenvalue weighted by Crippen LogP contribution is -2.25. The van der Waals surface area contributed by atoms with Gasteiger partial charge in [-0.15, -0.1) is 0 Å². The molecule has 1 aliphatic rings. The molecule has 2 unspecified atom stereocenters. The van der Waals surface area contributed by atoms with E-state index >= 15 is 0 Å². The van der Waals surface area contributed by atoms with Crippen molar-refractivity contribution in [2.75, 3.05) is 0 Å². The van der Waals surface area contributed by atoms with Gasteiger partial charge in [-0.1, -0.05) is 18.0 Å². The third-order valence-electron chi connectivity index (χ3n) is 4.10. The van der Waals surface area contributed by atoms with Gasteiger partial charge in [0, 0.05) is 23.0 Å². The van der Waals surface area contributed by atoms with E-state index < -0.39 is 0 Å². The van der Waals surface area contributed by atoms with Crippen LogP contribution >= 0.6 is 11.6 Å². The maximum absolute atomic E-state index is 6.25. The highest BCUT2D eigenvalue weighted by atomic mass is 35.5. The number of benzene rings is 1. The van der Waals surface area contributed by atoms with Gasteiger partial charge >= 0.3 is 0 Å². The average molecular weight is 278 g/mol. The van der Waals surface area contributed by atoms with Gasteiger partial charge in [0.2, 0.25) is 0 Å². The van der Waals surface area contributed by atoms with Crippen LogP contribution in [0.2, 0.25) is 5.02 Å². The fourth-order valence-electron chi connectivity index (χ4n) is 3.20. The van der Waals surface area contributed by atoms with E-state index in [0.717, 1.165) is 34.7 Å². The Bertz CT molecular complexity index is 603. The molecular formula is C15H20ClN3. The molecule has 4 heteroatoms. The Hall–Kier alpha value is -1.06. The van der Waals surface area contributed by atoms with Crippen LogP contribution in [0.5, 0.6) is 0 Å². The molecule has 0 radical (unpaired) electrons. The Balaban J connectivity index is 2.19. The molecule has 102 valence electrons. The van der Waals surface area contributed by atoms with Crippen LogP contribution in [-0.2, 0) is 0 Å². The lowest BCUT2D eigenvalue weighted by atomic mass is 10.0. The SMILES string of the molecule is CC(C)n1c(C2CCCC2N)nc2cc(Cl)ccc21. The predicted octanol–water partition coefficient (Wildman–Crippen LogP) is 3.87. The second-order valence-corrected chi connectivity index (χ2v) is 6.20. The third-order valence-corrected chi connectivity index (χ3v) is 4.33. The van der Waals surface area contributed by atoms with E-state index in [-0.39, 0.29) is 6.04 Å². The molecule has 1 saturated carbocycles. The van der Waals surface area contributed by atoms with Gasteiger partial charge in [-0.05, 0) is 44.9 Å². The molecule has 1 aromatic heterocycles. The second kappa shape index (κ2) is 4.80. The van der Waals surface area contributed by atoms with Crippen LogP contribution < -0.4 is 5.73 Å². The Labute approximate surface area is 118 Å². The molecule has 2 aromatic rings. The molecule has 0 amide bonds. The monoisotopic (exact) mass is 277 g/mol. The van der Waals surface area contributed by atoms with Crippen LogP contribution in [0.3, 0.4) is 0 Å². The van der Waals surface area contributed by atoms with Crippen molar-refractivity contribution in [1.82, 2.24) is 9.55 Å². The van der Waals surface area contributed by atoms with Crippen molar-refractivity contribution in [3.8, 4) is 0 Å².